The lowest BCUT2D eigenvalue weighted by Crippen LogP contribution is -2.07. The Balaban J connectivity index is 2.99. The third-order valence-corrected chi connectivity index (χ3v) is 1.93. The summed E-state index contributed by atoms with van der Waals surface area (Å²) in [7, 11) is 0. The molecular formula is C10H14O3. The molecule has 1 N–H and O–H groups in total. The predicted octanol–water partition coefficient (Wildman–Crippen LogP) is 2.00. The lowest BCUT2D eigenvalue weighted by atomic mass is 10.1. The summed E-state index contributed by atoms with van der Waals surface area (Å²) in [5.74, 6) is 0.505. The SMILES string of the molecule is CCCCc1c(O)cc(C)oc1=O. The molecule has 3 heteroatoms. The van der Waals surface area contributed by atoms with Crippen LogP contribution in [-0.4, -0.2) is 5.11 Å². The van der Waals surface area contributed by atoms with Crippen molar-refractivity contribution in [3.63, 3.8) is 0 Å². The number of rotatable bonds is 3. The molecule has 0 aliphatic carbocycles. The standard InChI is InChI=1S/C10H14O3/c1-3-4-5-8-9(11)6-7(2)13-10(8)12/h6,11H,3-5H2,1-2H3. The molecular weight excluding hydrogens is 168 g/mol. The van der Waals surface area contributed by atoms with E-state index >= 15 is 0 Å². The quantitative estimate of drug-likeness (QED) is 0.777. The Morgan fingerprint density at radius 1 is 1.54 bits per heavy atom. The van der Waals surface area contributed by atoms with Gasteiger partial charge in [0, 0.05) is 6.07 Å². The van der Waals surface area contributed by atoms with Crippen molar-refractivity contribution in [2.24, 2.45) is 0 Å². The van der Waals surface area contributed by atoms with E-state index in [1.165, 1.54) is 6.07 Å². The van der Waals surface area contributed by atoms with Gasteiger partial charge in [-0.3, -0.25) is 0 Å². The van der Waals surface area contributed by atoms with E-state index in [1.54, 1.807) is 6.92 Å². The van der Waals surface area contributed by atoms with E-state index in [0.717, 1.165) is 12.8 Å². The second-order valence-electron chi connectivity index (χ2n) is 3.11. The topological polar surface area (TPSA) is 50.4 Å². The van der Waals surface area contributed by atoms with Gasteiger partial charge >= 0.3 is 5.63 Å². The highest BCUT2D eigenvalue weighted by molar-refractivity contribution is 5.29. The highest BCUT2D eigenvalue weighted by Crippen LogP contribution is 2.16. The summed E-state index contributed by atoms with van der Waals surface area (Å²) < 4.78 is 4.87. The Labute approximate surface area is 77.0 Å². The van der Waals surface area contributed by atoms with Crippen molar-refractivity contribution in [3.8, 4) is 5.75 Å². The molecule has 13 heavy (non-hydrogen) atoms. The van der Waals surface area contributed by atoms with Crippen LogP contribution in [0, 0.1) is 6.92 Å². The van der Waals surface area contributed by atoms with Crippen LogP contribution in [0.4, 0.5) is 0 Å². The van der Waals surface area contributed by atoms with Gasteiger partial charge in [0.25, 0.3) is 0 Å². The molecule has 1 aromatic heterocycles. The molecule has 0 saturated carbocycles. The highest BCUT2D eigenvalue weighted by Gasteiger charge is 2.08. The van der Waals surface area contributed by atoms with E-state index in [-0.39, 0.29) is 5.75 Å². The van der Waals surface area contributed by atoms with Gasteiger partial charge in [0.05, 0.1) is 5.56 Å². The molecule has 0 saturated heterocycles. The molecule has 0 unspecified atom stereocenters. The van der Waals surface area contributed by atoms with E-state index < -0.39 is 5.63 Å². The van der Waals surface area contributed by atoms with Crippen LogP contribution in [0.5, 0.6) is 5.75 Å². The zero-order valence-electron chi connectivity index (χ0n) is 7.96. The third kappa shape index (κ3) is 2.34. The van der Waals surface area contributed by atoms with Gasteiger partial charge < -0.3 is 9.52 Å². The summed E-state index contributed by atoms with van der Waals surface area (Å²) in [4.78, 5) is 11.2. The normalized spacial score (nSPS) is 10.3. The Morgan fingerprint density at radius 3 is 2.77 bits per heavy atom. The van der Waals surface area contributed by atoms with Crippen LogP contribution in [0.1, 0.15) is 31.1 Å². The van der Waals surface area contributed by atoms with Crippen molar-refractivity contribution in [1.29, 1.82) is 0 Å². The molecule has 72 valence electrons. The summed E-state index contributed by atoms with van der Waals surface area (Å²) in [5.41, 5.74) is -0.0154. The average molecular weight is 182 g/mol. The summed E-state index contributed by atoms with van der Waals surface area (Å²) in [6.07, 6.45) is 2.47. The number of unbranched alkanes of at least 4 members (excludes halogenated alkanes) is 1. The van der Waals surface area contributed by atoms with Gasteiger partial charge in [-0.15, -0.1) is 0 Å². The minimum atomic E-state index is -0.411. The van der Waals surface area contributed by atoms with Crippen LogP contribution < -0.4 is 5.63 Å². The van der Waals surface area contributed by atoms with Gasteiger partial charge in [0.2, 0.25) is 0 Å². The largest absolute Gasteiger partial charge is 0.507 e. The first-order valence-corrected chi connectivity index (χ1v) is 4.47. The molecule has 0 aliphatic rings. The lowest BCUT2D eigenvalue weighted by Gasteiger charge is -2.01. The molecule has 3 nitrogen and oxygen atoms in total. The summed E-state index contributed by atoms with van der Waals surface area (Å²) in [6.45, 7) is 3.68. The maximum atomic E-state index is 11.2. The van der Waals surface area contributed by atoms with Gasteiger partial charge in [-0.05, 0) is 19.8 Å². The van der Waals surface area contributed by atoms with Crippen molar-refractivity contribution < 1.29 is 9.52 Å². The fourth-order valence-electron chi connectivity index (χ4n) is 1.21. The lowest BCUT2D eigenvalue weighted by molar-refractivity contribution is 0.421. The van der Waals surface area contributed by atoms with E-state index in [0.29, 0.717) is 17.7 Å². The molecule has 1 rings (SSSR count). The van der Waals surface area contributed by atoms with Crippen LogP contribution in [0.2, 0.25) is 0 Å². The van der Waals surface area contributed by atoms with E-state index in [1.807, 2.05) is 6.92 Å². The van der Waals surface area contributed by atoms with Crippen molar-refractivity contribution in [2.75, 3.05) is 0 Å². The van der Waals surface area contributed by atoms with Gasteiger partial charge in [-0.1, -0.05) is 13.3 Å². The zero-order valence-corrected chi connectivity index (χ0v) is 7.96. The van der Waals surface area contributed by atoms with Crippen LogP contribution >= 0.6 is 0 Å². The van der Waals surface area contributed by atoms with Crippen LogP contribution in [0.15, 0.2) is 15.3 Å². The highest BCUT2D eigenvalue weighted by atomic mass is 16.4. The fraction of sp³-hybridized carbons (Fsp3) is 0.500. The van der Waals surface area contributed by atoms with E-state index in [2.05, 4.69) is 0 Å². The summed E-state index contributed by atoms with van der Waals surface area (Å²) >= 11 is 0. The number of hydrogen-bond donors (Lipinski definition) is 1. The molecule has 0 bridgehead atoms. The van der Waals surface area contributed by atoms with Crippen LogP contribution in [-0.2, 0) is 6.42 Å². The monoisotopic (exact) mass is 182 g/mol. The average Bonchev–Trinajstić information content (AvgIpc) is 2.02. The Morgan fingerprint density at radius 2 is 2.23 bits per heavy atom. The Kier molecular flexibility index (Phi) is 3.12. The van der Waals surface area contributed by atoms with Gasteiger partial charge in [0.1, 0.15) is 11.5 Å². The maximum absolute atomic E-state index is 11.2. The number of aryl methyl sites for hydroxylation is 1. The third-order valence-electron chi connectivity index (χ3n) is 1.93. The summed E-state index contributed by atoms with van der Waals surface area (Å²) in [6, 6.07) is 1.48. The second-order valence-corrected chi connectivity index (χ2v) is 3.11. The minimum Gasteiger partial charge on any atom is -0.507 e. The van der Waals surface area contributed by atoms with Crippen LogP contribution in [0.3, 0.4) is 0 Å². The van der Waals surface area contributed by atoms with Crippen molar-refractivity contribution in [2.45, 2.75) is 33.1 Å². The maximum Gasteiger partial charge on any atom is 0.342 e. The predicted molar refractivity (Wildman–Crippen MR) is 50.0 cm³/mol. The number of aromatic hydroxyl groups is 1. The zero-order chi connectivity index (χ0) is 9.84. The smallest absolute Gasteiger partial charge is 0.342 e. The van der Waals surface area contributed by atoms with E-state index in [4.69, 9.17) is 4.42 Å². The molecule has 0 aromatic carbocycles. The molecule has 0 spiro atoms. The second kappa shape index (κ2) is 4.12. The minimum absolute atomic E-state index is 0.0576. The van der Waals surface area contributed by atoms with Crippen molar-refractivity contribution in [1.82, 2.24) is 0 Å². The van der Waals surface area contributed by atoms with Crippen LogP contribution in [0.25, 0.3) is 0 Å². The number of hydrogen-bond acceptors (Lipinski definition) is 3. The van der Waals surface area contributed by atoms with Crippen molar-refractivity contribution in [3.05, 3.63) is 27.8 Å². The first-order valence-electron chi connectivity index (χ1n) is 4.47. The first-order chi connectivity index (χ1) is 6.15. The molecule has 0 amide bonds. The summed E-state index contributed by atoms with van der Waals surface area (Å²) in [5, 5.41) is 9.44. The van der Waals surface area contributed by atoms with Gasteiger partial charge in [0.15, 0.2) is 0 Å². The molecule has 1 heterocycles. The van der Waals surface area contributed by atoms with Gasteiger partial charge in [-0.25, -0.2) is 4.79 Å². The molecule has 0 aliphatic heterocycles. The first kappa shape index (κ1) is 9.84. The Bertz CT molecular complexity index is 339. The fourth-order valence-corrected chi connectivity index (χ4v) is 1.21. The molecule has 0 fully saturated rings. The molecule has 0 atom stereocenters. The molecule has 1 aromatic rings. The Hall–Kier alpha value is -1.25. The molecule has 0 radical (unpaired) electrons. The van der Waals surface area contributed by atoms with Crippen molar-refractivity contribution >= 4 is 0 Å². The van der Waals surface area contributed by atoms with E-state index in [9.17, 15) is 9.90 Å². The van der Waals surface area contributed by atoms with Gasteiger partial charge in [-0.2, -0.15) is 0 Å².